The zero-order valence-electron chi connectivity index (χ0n) is 11.7. The molecule has 0 saturated heterocycles. The Morgan fingerprint density at radius 3 is 2.24 bits per heavy atom. The summed E-state index contributed by atoms with van der Waals surface area (Å²) in [6.45, 7) is 9.64. The highest BCUT2D eigenvalue weighted by Gasteiger charge is 2.10. The van der Waals surface area contributed by atoms with Gasteiger partial charge in [-0.15, -0.1) is 5.10 Å². The number of hydrogen-bond acceptors (Lipinski definition) is 4. The molecule has 0 radical (unpaired) electrons. The lowest BCUT2D eigenvalue weighted by Crippen LogP contribution is -2.23. The molecular formula is C13H24N4. The third-order valence-electron chi connectivity index (χ3n) is 2.88. The van der Waals surface area contributed by atoms with Crippen molar-refractivity contribution >= 4 is 5.95 Å². The number of hydrogen-bond donors (Lipinski definition) is 0. The summed E-state index contributed by atoms with van der Waals surface area (Å²) in [5, 5.41) is 8.46. The Morgan fingerprint density at radius 1 is 1.06 bits per heavy atom. The molecule has 0 aliphatic heterocycles. The summed E-state index contributed by atoms with van der Waals surface area (Å²) < 4.78 is 0. The summed E-state index contributed by atoms with van der Waals surface area (Å²) in [4.78, 5) is 6.68. The van der Waals surface area contributed by atoms with Gasteiger partial charge in [-0.25, -0.2) is 4.98 Å². The van der Waals surface area contributed by atoms with E-state index in [1.54, 1.807) is 0 Å². The van der Waals surface area contributed by atoms with Gasteiger partial charge < -0.3 is 4.90 Å². The summed E-state index contributed by atoms with van der Waals surface area (Å²) >= 11 is 0. The fourth-order valence-electron chi connectivity index (χ4n) is 1.64. The molecule has 96 valence electrons. The Labute approximate surface area is 104 Å². The first-order valence-corrected chi connectivity index (χ1v) is 6.52. The van der Waals surface area contributed by atoms with Crippen molar-refractivity contribution in [2.45, 2.75) is 47.0 Å². The summed E-state index contributed by atoms with van der Waals surface area (Å²) in [6.07, 6.45) is 2.97. The summed E-state index contributed by atoms with van der Waals surface area (Å²) in [6, 6.07) is 0. The van der Waals surface area contributed by atoms with Gasteiger partial charge in [0, 0.05) is 13.6 Å². The van der Waals surface area contributed by atoms with Crippen LogP contribution in [0.2, 0.25) is 0 Å². The smallest absolute Gasteiger partial charge is 0.245 e. The highest BCUT2D eigenvalue weighted by atomic mass is 15.3. The third-order valence-corrected chi connectivity index (χ3v) is 2.88. The van der Waals surface area contributed by atoms with E-state index >= 15 is 0 Å². The van der Waals surface area contributed by atoms with E-state index in [4.69, 9.17) is 0 Å². The monoisotopic (exact) mass is 236 g/mol. The van der Waals surface area contributed by atoms with Crippen LogP contribution in [-0.4, -0.2) is 28.8 Å². The van der Waals surface area contributed by atoms with Crippen molar-refractivity contribution < 1.29 is 0 Å². The first-order valence-electron chi connectivity index (χ1n) is 6.52. The predicted molar refractivity (Wildman–Crippen MR) is 71.3 cm³/mol. The van der Waals surface area contributed by atoms with Crippen LogP contribution in [0.5, 0.6) is 0 Å². The van der Waals surface area contributed by atoms with Gasteiger partial charge in [0.25, 0.3) is 0 Å². The highest BCUT2D eigenvalue weighted by Crippen LogP contribution is 2.11. The molecule has 0 fully saturated rings. The summed E-state index contributed by atoms with van der Waals surface area (Å²) in [7, 11) is 2.03. The lowest BCUT2D eigenvalue weighted by molar-refractivity contribution is 0.579. The molecule has 0 N–H and O–H groups in total. The van der Waals surface area contributed by atoms with E-state index in [2.05, 4.69) is 47.8 Å². The molecule has 0 aromatic carbocycles. The number of rotatable bonds is 6. The van der Waals surface area contributed by atoms with E-state index in [0.29, 0.717) is 5.92 Å². The molecule has 0 aliphatic carbocycles. The molecule has 1 rings (SSSR count). The van der Waals surface area contributed by atoms with Gasteiger partial charge in [-0.1, -0.05) is 27.7 Å². The summed E-state index contributed by atoms with van der Waals surface area (Å²) in [5.41, 5.74) is 2.10. The second-order valence-corrected chi connectivity index (χ2v) is 4.82. The van der Waals surface area contributed by atoms with Crippen molar-refractivity contribution in [3.05, 3.63) is 11.4 Å². The van der Waals surface area contributed by atoms with E-state index in [1.165, 1.54) is 0 Å². The van der Waals surface area contributed by atoms with E-state index in [1.807, 2.05) is 7.05 Å². The molecule has 0 saturated carbocycles. The van der Waals surface area contributed by atoms with Gasteiger partial charge in [-0.05, 0) is 25.2 Å². The van der Waals surface area contributed by atoms with Gasteiger partial charge in [0.15, 0.2) is 0 Å². The van der Waals surface area contributed by atoms with Crippen molar-refractivity contribution in [2.24, 2.45) is 5.92 Å². The SMILES string of the molecule is CCc1nnc(N(C)CCC(C)C)nc1CC. The molecule has 0 spiro atoms. The zero-order valence-corrected chi connectivity index (χ0v) is 11.7. The lowest BCUT2D eigenvalue weighted by Gasteiger charge is -2.18. The molecule has 4 heteroatoms. The normalized spacial score (nSPS) is 10.9. The molecule has 1 aromatic rings. The molecule has 0 unspecified atom stereocenters. The van der Waals surface area contributed by atoms with Crippen LogP contribution >= 0.6 is 0 Å². The van der Waals surface area contributed by atoms with Crippen molar-refractivity contribution in [3.63, 3.8) is 0 Å². The van der Waals surface area contributed by atoms with Crippen LogP contribution in [0.25, 0.3) is 0 Å². The largest absolute Gasteiger partial charge is 0.343 e. The maximum Gasteiger partial charge on any atom is 0.245 e. The number of nitrogens with zero attached hydrogens (tertiary/aromatic N) is 4. The quantitative estimate of drug-likeness (QED) is 0.761. The fraction of sp³-hybridized carbons (Fsp3) is 0.769. The Bertz CT molecular complexity index is 349. The van der Waals surface area contributed by atoms with Gasteiger partial charge in [-0.3, -0.25) is 0 Å². The first kappa shape index (κ1) is 13.9. The maximum absolute atomic E-state index is 4.59. The molecule has 4 nitrogen and oxygen atoms in total. The van der Waals surface area contributed by atoms with Crippen LogP contribution in [0, 0.1) is 5.92 Å². The van der Waals surface area contributed by atoms with Crippen molar-refractivity contribution in [1.82, 2.24) is 15.2 Å². The van der Waals surface area contributed by atoms with E-state index in [0.717, 1.165) is 43.1 Å². The Hall–Kier alpha value is -1.19. The van der Waals surface area contributed by atoms with Crippen molar-refractivity contribution in [3.8, 4) is 0 Å². The summed E-state index contributed by atoms with van der Waals surface area (Å²) in [5.74, 6) is 1.45. The van der Waals surface area contributed by atoms with Crippen LogP contribution in [0.4, 0.5) is 5.95 Å². The number of aryl methyl sites for hydroxylation is 2. The highest BCUT2D eigenvalue weighted by molar-refractivity contribution is 5.28. The van der Waals surface area contributed by atoms with Crippen LogP contribution in [0.15, 0.2) is 0 Å². The average molecular weight is 236 g/mol. The van der Waals surface area contributed by atoms with Gasteiger partial charge >= 0.3 is 0 Å². The van der Waals surface area contributed by atoms with E-state index < -0.39 is 0 Å². The second-order valence-electron chi connectivity index (χ2n) is 4.82. The van der Waals surface area contributed by atoms with Crippen LogP contribution in [0.1, 0.15) is 45.5 Å². The lowest BCUT2D eigenvalue weighted by atomic mass is 10.1. The van der Waals surface area contributed by atoms with Crippen molar-refractivity contribution in [2.75, 3.05) is 18.5 Å². The van der Waals surface area contributed by atoms with Crippen molar-refractivity contribution in [1.29, 1.82) is 0 Å². The zero-order chi connectivity index (χ0) is 12.8. The molecule has 17 heavy (non-hydrogen) atoms. The first-order chi connectivity index (χ1) is 8.08. The van der Waals surface area contributed by atoms with Crippen LogP contribution in [-0.2, 0) is 12.8 Å². The molecule has 0 bridgehead atoms. The third kappa shape index (κ3) is 3.95. The van der Waals surface area contributed by atoms with Gasteiger partial charge in [0.2, 0.25) is 5.95 Å². The van der Waals surface area contributed by atoms with Gasteiger partial charge in [0.1, 0.15) is 0 Å². The van der Waals surface area contributed by atoms with E-state index in [-0.39, 0.29) is 0 Å². The fourth-order valence-corrected chi connectivity index (χ4v) is 1.64. The Kier molecular flexibility index (Phi) is 5.32. The van der Waals surface area contributed by atoms with E-state index in [9.17, 15) is 0 Å². The molecule has 1 heterocycles. The van der Waals surface area contributed by atoms with Crippen LogP contribution in [0.3, 0.4) is 0 Å². The number of aromatic nitrogens is 3. The molecule has 0 atom stereocenters. The molecular weight excluding hydrogens is 212 g/mol. The van der Waals surface area contributed by atoms with Crippen LogP contribution < -0.4 is 4.90 Å². The second kappa shape index (κ2) is 6.52. The molecule has 0 aliphatic rings. The maximum atomic E-state index is 4.59. The van der Waals surface area contributed by atoms with Gasteiger partial charge in [-0.2, -0.15) is 5.10 Å². The van der Waals surface area contributed by atoms with Gasteiger partial charge in [0.05, 0.1) is 11.4 Å². The minimum Gasteiger partial charge on any atom is -0.343 e. The topological polar surface area (TPSA) is 41.9 Å². The minimum absolute atomic E-state index is 0.700. The minimum atomic E-state index is 0.700. The molecule has 1 aromatic heterocycles. The average Bonchev–Trinajstić information content (AvgIpc) is 2.34. The Balaban J connectivity index is 2.77. The molecule has 0 amide bonds. The number of anilines is 1. The standard InChI is InChI=1S/C13H24N4/c1-6-11-12(7-2)15-16-13(14-11)17(5)9-8-10(3)4/h10H,6-9H2,1-5H3. The predicted octanol–water partition coefficient (Wildman–Crippen LogP) is 2.48. The Morgan fingerprint density at radius 2 is 1.71 bits per heavy atom.